The van der Waals surface area contributed by atoms with Crippen molar-refractivity contribution in [2.75, 3.05) is 6.54 Å². The molecule has 0 radical (unpaired) electrons. The lowest BCUT2D eigenvalue weighted by Gasteiger charge is -2.21. The third-order valence-electron chi connectivity index (χ3n) is 5.39. The molecule has 1 aliphatic rings. The van der Waals surface area contributed by atoms with Gasteiger partial charge in [0.2, 0.25) is 0 Å². The summed E-state index contributed by atoms with van der Waals surface area (Å²) in [7, 11) is 0. The molecule has 1 fully saturated rings. The van der Waals surface area contributed by atoms with Crippen LogP contribution in [0.1, 0.15) is 37.9 Å². The summed E-state index contributed by atoms with van der Waals surface area (Å²) in [5.74, 6) is 0.852. The van der Waals surface area contributed by atoms with Crippen LogP contribution in [-0.4, -0.2) is 28.7 Å². The van der Waals surface area contributed by atoms with Crippen LogP contribution in [0.4, 0.5) is 4.79 Å². The lowest BCUT2D eigenvalue weighted by atomic mass is 9.98. The van der Waals surface area contributed by atoms with Gasteiger partial charge in [-0.25, -0.2) is 9.78 Å². The van der Waals surface area contributed by atoms with Gasteiger partial charge in [0.1, 0.15) is 11.9 Å². The van der Waals surface area contributed by atoms with Crippen LogP contribution in [0.2, 0.25) is 0 Å². The highest BCUT2D eigenvalue weighted by Crippen LogP contribution is 2.24. The van der Waals surface area contributed by atoms with Gasteiger partial charge >= 0.3 is 6.09 Å². The van der Waals surface area contributed by atoms with E-state index in [0.717, 1.165) is 42.8 Å². The summed E-state index contributed by atoms with van der Waals surface area (Å²) in [5.41, 5.74) is 4.46. The second-order valence-corrected chi connectivity index (χ2v) is 7.53. The predicted molar refractivity (Wildman–Crippen MR) is 115 cm³/mol. The number of carbonyl (C=O) groups excluding carboxylic acids is 1. The highest BCUT2D eigenvalue weighted by Gasteiger charge is 2.17. The fraction of sp³-hybridized carbons (Fsp3) is 0.333. The van der Waals surface area contributed by atoms with Crippen LogP contribution in [0, 0.1) is 0 Å². The molecule has 4 rings (SSSR count). The highest BCUT2D eigenvalue weighted by atomic mass is 16.6. The molecule has 1 heterocycles. The van der Waals surface area contributed by atoms with Crippen molar-refractivity contribution in [2.24, 2.45) is 0 Å². The second kappa shape index (κ2) is 9.41. The molecule has 29 heavy (non-hydrogen) atoms. The summed E-state index contributed by atoms with van der Waals surface area (Å²) < 4.78 is 5.47. The van der Waals surface area contributed by atoms with Crippen molar-refractivity contribution in [1.29, 1.82) is 0 Å². The minimum atomic E-state index is -0.319. The molecule has 0 bridgehead atoms. The first-order chi connectivity index (χ1) is 14.3. The number of ether oxygens (including phenoxy) is 1. The van der Waals surface area contributed by atoms with Crippen molar-refractivity contribution in [1.82, 2.24) is 15.3 Å². The van der Waals surface area contributed by atoms with Gasteiger partial charge in [-0.05, 0) is 42.4 Å². The Bertz CT molecular complexity index is 913. The van der Waals surface area contributed by atoms with Gasteiger partial charge in [0, 0.05) is 13.0 Å². The van der Waals surface area contributed by atoms with Crippen LogP contribution in [0.15, 0.2) is 60.8 Å². The Morgan fingerprint density at radius 2 is 1.66 bits per heavy atom. The van der Waals surface area contributed by atoms with Gasteiger partial charge in [0.25, 0.3) is 0 Å². The van der Waals surface area contributed by atoms with E-state index in [4.69, 9.17) is 4.74 Å². The van der Waals surface area contributed by atoms with E-state index in [2.05, 4.69) is 51.7 Å². The quantitative estimate of drug-likeness (QED) is 0.597. The molecule has 1 amide bonds. The fourth-order valence-electron chi connectivity index (χ4n) is 3.77. The third-order valence-corrected chi connectivity index (χ3v) is 5.39. The zero-order valence-corrected chi connectivity index (χ0v) is 16.6. The van der Waals surface area contributed by atoms with Gasteiger partial charge < -0.3 is 15.0 Å². The van der Waals surface area contributed by atoms with Crippen molar-refractivity contribution in [3.05, 3.63) is 66.6 Å². The minimum absolute atomic E-state index is 0.0813. The molecule has 0 atom stereocenters. The van der Waals surface area contributed by atoms with Crippen LogP contribution < -0.4 is 5.32 Å². The van der Waals surface area contributed by atoms with Crippen molar-refractivity contribution in [2.45, 2.75) is 44.6 Å². The first kappa shape index (κ1) is 19.2. The number of aromatic nitrogens is 2. The molecule has 0 aliphatic heterocycles. The number of imidazole rings is 1. The summed E-state index contributed by atoms with van der Waals surface area (Å²) in [6.45, 7) is 0.505. The molecular weight excluding hydrogens is 362 g/mol. The molecule has 1 aliphatic carbocycles. The van der Waals surface area contributed by atoms with Gasteiger partial charge in [-0.3, -0.25) is 0 Å². The van der Waals surface area contributed by atoms with E-state index < -0.39 is 0 Å². The van der Waals surface area contributed by atoms with Crippen molar-refractivity contribution >= 4 is 6.09 Å². The van der Waals surface area contributed by atoms with Gasteiger partial charge in [-0.2, -0.15) is 0 Å². The Hall–Kier alpha value is -3.08. The lowest BCUT2D eigenvalue weighted by molar-refractivity contribution is 0.0755. The average Bonchev–Trinajstić information content (AvgIpc) is 3.24. The monoisotopic (exact) mass is 389 g/mol. The molecular formula is C24H27N3O2. The third kappa shape index (κ3) is 5.25. The number of alkyl carbamates (subject to hydrolysis) is 1. The lowest BCUT2D eigenvalue weighted by Crippen LogP contribution is -2.31. The van der Waals surface area contributed by atoms with E-state index in [-0.39, 0.29) is 12.2 Å². The summed E-state index contributed by atoms with van der Waals surface area (Å²) in [6.07, 6.45) is 7.76. The normalized spacial score (nSPS) is 14.5. The van der Waals surface area contributed by atoms with Crippen molar-refractivity contribution in [3.8, 4) is 22.4 Å². The summed E-state index contributed by atoms with van der Waals surface area (Å²) in [6, 6.07) is 18.8. The number of carbonyl (C=O) groups is 1. The van der Waals surface area contributed by atoms with Gasteiger partial charge in [-0.15, -0.1) is 0 Å². The van der Waals surface area contributed by atoms with Crippen LogP contribution in [0.25, 0.3) is 22.4 Å². The smallest absolute Gasteiger partial charge is 0.407 e. The Morgan fingerprint density at radius 3 is 2.41 bits per heavy atom. The Balaban J connectivity index is 1.27. The minimum Gasteiger partial charge on any atom is -0.446 e. The maximum absolute atomic E-state index is 11.9. The van der Waals surface area contributed by atoms with Gasteiger partial charge in [-0.1, -0.05) is 61.0 Å². The zero-order valence-electron chi connectivity index (χ0n) is 16.6. The molecule has 1 aromatic heterocycles. The van der Waals surface area contributed by atoms with E-state index in [1.807, 2.05) is 24.4 Å². The van der Waals surface area contributed by atoms with Gasteiger partial charge in [0.05, 0.1) is 11.9 Å². The standard InChI is InChI=1S/C24H27N3O2/c28-24(29-21-9-5-2-6-10-21)25-16-15-23-26-17-22(27-23)20-13-11-19(12-14-20)18-7-3-1-4-8-18/h1,3-4,7-8,11-14,17,21H,2,5-6,9-10,15-16H2,(H,25,28)(H,26,27). The number of nitrogens with one attached hydrogen (secondary N) is 2. The number of hydrogen-bond acceptors (Lipinski definition) is 3. The second-order valence-electron chi connectivity index (χ2n) is 7.53. The summed E-state index contributed by atoms with van der Waals surface area (Å²) >= 11 is 0. The Labute approximate surface area is 171 Å². The van der Waals surface area contributed by atoms with Crippen LogP contribution >= 0.6 is 0 Å². The van der Waals surface area contributed by atoms with Crippen LogP contribution in [0.3, 0.4) is 0 Å². The number of H-pyrrole nitrogens is 1. The number of nitrogens with zero attached hydrogens (tertiary/aromatic N) is 1. The number of rotatable bonds is 6. The molecule has 0 unspecified atom stereocenters. The van der Waals surface area contributed by atoms with Crippen molar-refractivity contribution < 1.29 is 9.53 Å². The molecule has 5 nitrogen and oxygen atoms in total. The molecule has 2 aromatic carbocycles. The highest BCUT2D eigenvalue weighted by molar-refractivity contribution is 5.69. The van der Waals surface area contributed by atoms with E-state index in [1.54, 1.807) is 0 Å². The molecule has 1 saturated carbocycles. The first-order valence-corrected chi connectivity index (χ1v) is 10.4. The molecule has 150 valence electrons. The fourth-order valence-corrected chi connectivity index (χ4v) is 3.77. The molecule has 3 aromatic rings. The van der Waals surface area contributed by atoms with Crippen LogP contribution in [0.5, 0.6) is 0 Å². The van der Waals surface area contributed by atoms with Crippen LogP contribution in [-0.2, 0) is 11.2 Å². The summed E-state index contributed by atoms with van der Waals surface area (Å²) in [4.78, 5) is 19.7. The first-order valence-electron chi connectivity index (χ1n) is 10.4. The average molecular weight is 389 g/mol. The Kier molecular flexibility index (Phi) is 6.25. The Morgan fingerprint density at radius 1 is 0.966 bits per heavy atom. The maximum Gasteiger partial charge on any atom is 0.407 e. The molecule has 0 spiro atoms. The molecule has 5 heteroatoms. The van der Waals surface area contributed by atoms with Gasteiger partial charge in [0.15, 0.2) is 0 Å². The predicted octanol–water partition coefficient (Wildman–Crippen LogP) is 5.35. The maximum atomic E-state index is 11.9. The number of benzene rings is 2. The SMILES string of the molecule is O=C(NCCc1ncc(-c2ccc(-c3ccccc3)cc2)[nH]1)OC1CCCCC1. The number of aromatic amines is 1. The van der Waals surface area contributed by atoms with E-state index in [1.165, 1.54) is 17.5 Å². The molecule has 2 N–H and O–H groups in total. The zero-order chi connectivity index (χ0) is 19.9. The summed E-state index contributed by atoms with van der Waals surface area (Å²) in [5, 5.41) is 2.83. The van der Waals surface area contributed by atoms with E-state index in [0.29, 0.717) is 13.0 Å². The molecule has 0 saturated heterocycles. The largest absolute Gasteiger partial charge is 0.446 e. The topological polar surface area (TPSA) is 67.0 Å². The number of amides is 1. The number of hydrogen-bond donors (Lipinski definition) is 2. The van der Waals surface area contributed by atoms with E-state index >= 15 is 0 Å². The van der Waals surface area contributed by atoms with E-state index in [9.17, 15) is 4.79 Å². The van der Waals surface area contributed by atoms with Crippen molar-refractivity contribution in [3.63, 3.8) is 0 Å².